The molecule has 1 fully saturated rings. The number of ether oxygens (including phenoxy) is 2. The van der Waals surface area contributed by atoms with Crippen molar-refractivity contribution in [3.63, 3.8) is 0 Å². The second kappa shape index (κ2) is 22.9. The summed E-state index contributed by atoms with van der Waals surface area (Å²) >= 11 is 2.79. The molecule has 2 unspecified atom stereocenters. The van der Waals surface area contributed by atoms with Crippen molar-refractivity contribution in [3.8, 4) is 5.75 Å². The first-order chi connectivity index (χ1) is 29.7. The van der Waals surface area contributed by atoms with Gasteiger partial charge in [0.1, 0.15) is 23.7 Å². The molecule has 16 heteroatoms. The first-order valence-corrected chi connectivity index (χ1v) is 23.5. The third kappa shape index (κ3) is 13.4. The number of quaternary nitrogens is 1. The number of piperidine rings is 1. The molecule has 0 saturated carbocycles. The van der Waals surface area contributed by atoms with Crippen LogP contribution in [-0.4, -0.2) is 81.8 Å². The van der Waals surface area contributed by atoms with Gasteiger partial charge in [-0.15, -0.1) is 23.1 Å². The lowest BCUT2D eigenvalue weighted by Crippen LogP contribution is -2.63. The standard InChI is InChI=1S/C47H63F5N4O5S2/c1-11-14-16-23-55(33(28(4)5)25-35(60-13-3)44-53-32(27-62-44)46(59)61-42-39(51)37(49)36(48)38(50)40(42)52)45(58)41(29(6)12-2)54-43(57)34-18-15-17-24-56(34,10)26-30-19-21-31(22-20-30)63-47(7,8)9/h14,16,19-22,27-29,33-35,41H,11-13,15,17-18,23-26H2,1-10H3/p+1/t29?,33-,34-,35-,41+,56?/m1/s1. The first-order valence-electron chi connectivity index (χ1n) is 21.8. The van der Waals surface area contributed by atoms with Crippen LogP contribution in [0.25, 0.3) is 0 Å². The number of carbonyl (C=O) groups excluding carboxylic acids is 3. The molecule has 3 aromatic rings. The van der Waals surface area contributed by atoms with Gasteiger partial charge in [0.25, 0.3) is 5.91 Å². The maximum Gasteiger partial charge on any atom is 0.363 e. The summed E-state index contributed by atoms with van der Waals surface area (Å²) in [6, 6.07) is 6.91. The lowest BCUT2D eigenvalue weighted by atomic mass is 9.91. The number of thioether (sulfide) groups is 1. The largest absolute Gasteiger partial charge is 0.415 e. The summed E-state index contributed by atoms with van der Waals surface area (Å²) in [5.74, 6) is -15.4. The van der Waals surface area contributed by atoms with E-state index >= 15 is 4.79 Å². The minimum absolute atomic E-state index is 0.0841. The Labute approximate surface area is 377 Å². The highest BCUT2D eigenvalue weighted by atomic mass is 32.2. The summed E-state index contributed by atoms with van der Waals surface area (Å²) < 4.78 is 81.3. The Morgan fingerprint density at radius 1 is 0.968 bits per heavy atom. The van der Waals surface area contributed by atoms with Gasteiger partial charge in [-0.05, 0) is 50.2 Å². The van der Waals surface area contributed by atoms with E-state index in [0.29, 0.717) is 23.9 Å². The van der Waals surface area contributed by atoms with E-state index in [-0.39, 0.29) is 59.0 Å². The van der Waals surface area contributed by atoms with E-state index in [1.807, 2.05) is 58.5 Å². The molecule has 63 heavy (non-hydrogen) atoms. The monoisotopic (exact) mass is 923 g/mol. The molecule has 1 saturated heterocycles. The Hall–Kier alpha value is -3.86. The van der Waals surface area contributed by atoms with Crippen molar-refractivity contribution in [2.45, 2.75) is 141 Å². The van der Waals surface area contributed by atoms with Crippen molar-refractivity contribution in [2.24, 2.45) is 11.8 Å². The minimum Gasteiger partial charge on any atom is -0.415 e. The quantitative estimate of drug-likeness (QED) is 0.0176. The van der Waals surface area contributed by atoms with Gasteiger partial charge in [-0.3, -0.25) is 9.59 Å². The fourth-order valence-electron chi connectivity index (χ4n) is 7.94. The number of carbonyl (C=O) groups is 3. The van der Waals surface area contributed by atoms with Crippen LogP contribution in [0, 0.1) is 40.9 Å². The zero-order chi connectivity index (χ0) is 46.8. The number of nitrogens with zero attached hydrogens (tertiary/aromatic N) is 3. The average Bonchev–Trinajstić information content (AvgIpc) is 3.73. The SMILES string of the molecule is CCC=CCN(C(=O)[C@@H](NC(=O)[C@H]1CCCC[N+]1(C)Cc1ccc(SC(C)(C)C)cc1)C(C)CC)[C@H](C[C@@H](OCC)c1nc(C(=O)Oc2c(F)c(F)c(F)c(F)c2F)cs1)C(C)C. The zero-order valence-electron chi connectivity index (χ0n) is 38.2. The molecule has 0 bridgehead atoms. The minimum atomic E-state index is -2.38. The van der Waals surface area contributed by atoms with E-state index in [1.54, 1.807) is 11.8 Å². The third-order valence-corrected chi connectivity index (χ3v) is 13.5. The summed E-state index contributed by atoms with van der Waals surface area (Å²) in [4.78, 5) is 49.9. The van der Waals surface area contributed by atoms with Crippen molar-refractivity contribution in [1.29, 1.82) is 0 Å². The summed E-state index contributed by atoms with van der Waals surface area (Å²) in [5.41, 5.74) is 0.709. The Morgan fingerprint density at radius 3 is 2.17 bits per heavy atom. The van der Waals surface area contributed by atoms with E-state index in [1.165, 1.54) is 10.3 Å². The van der Waals surface area contributed by atoms with E-state index in [0.717, 1.165) is 42.7 Å². The van der Waals surface area contributed by atoms with Gasteiger partial charge in [-0.25, -0.2) is 22.9 Å². The van der Waals surface area contributed by atoms with Crippen LogP contribution in [-0.2, 0) is 20.9 Å². The number of halogens is 5. The molecular weight excluding hydrogens is 860 g/mol. The molecule has 2 heterocycles. The molecule has 2 amide bonds. The normalized spacial score (nSPS) is 18.9. The molecule has 348 valence electrons. The molecule has 2 aromatic carbocycles. The van der Waals surface area contributed by atoms with Crippen LogP contribution < -0.4 is 10.1 Å². The first kappa shape index (κ1) is 51.8. The van der Waals surface area contributed by atoms with E-state index in [2.05, 4.69) is 67.1 Å². The number of esters is 1. The predicted octanol–water partition coefficient (Wildman–Crippen LogP) is 11.0. The van der Waals surface area contributed by atoms with Crippen LogP contribution in [0.4, 0.5) is 22.0 Å². The summed E-state index contributed by atoms with van der Waals surface area (Å²) in [6.07, 6.45) is 7.28. The highest BCUT2D eigenvalue weighted by Gasteiger charge is 2.44. The van der Waals surface area contributed by atoms with Crippen LogP contribution in [0.5, 0.6) is 5.75 Å². The fraction of sp³-hybridized carbons (Fsp3) is 0.574. The number of likely N-dealkylation sites (tertiary alicyclic amines) is 1. The number of likely N-dealkylation sites (N-methyl/N-ethyl adjacent to an activating group) is 1. The smallest absolute Gasteiger partial charge is 0.363 e. The maximum absolute atomic E-state index is 15.1. The van der Waals surface area contributed by atoms with Crippen LogP contribution in [0.2, 0.25) is 0 Å². The summed E-state index contributed by atoms with van der Waals surface area (Å²) in [7, 11) is 2.13. The zero-order valence-corrected chi connectivity index (χ0v) is 39.8. The van der Waals surface area contributed by atoms with Crippen LogP contribution in [0.3, 0.4) is 0 Å². The third-order valence-electron chi connectivity index (χ3n) is 11.5. The van der Waals surface area contributed by atoms with E-state index in [9.17, 15) is 31.5 Å². The summed E-state index contributed by atoms with van der Waals surface area (Å²) in [6.45, 7) is 20.2. The number of benzene rings is 2. The number of hydrogen-bond donors (Lipinski definition) is 1. The van der Waals surface area contributed by atoms with Gasteiger partial charge in [0.05, 0.1) is 13.6 Å². The molecule has 1 aromatic heterocycles. The number of nitrogens with one attached hydrogen (secondary N) is 1. The van der Waals surface area contributed by atoms with Crippen molar-refractivity contribution in [1.82, 2.24) is 15.2 Å². The number of hydrogen-bond acceptors (Lipinski definition) is 8. The topological polar surface area (TPSA) is 97.8 Å². The average molecular weight is 924 g/mol. The molecule has 9 nitrogen and oxygen atoms in total. The van der Waals surface area contributed by atoms with Gasteiger partial charge in [-0.2, -0.15) is 8.78 Å². The van der Waals surface area contributed by atoms with Crippen LogP contribution >= 0.6 is 23.1 Å². The molecule has 1 aliphatic rings. The lowest BCUT2D eigenvalue weighted by molar-refractivity contribution is -0.942. The van der Waals surface area contributed by atoms with Crippen molar-refractivity contribution < 1.29 is 50.3 Å². The van der Waals surface area contributed by atoms with E-state index in [4.69, 9.17) is 4.74 Å². The van der Waals surface area contributed by atoms with Gasteiger partial charge in [-0.1, -0.05) is 86.1 Å². The Balaban J connectivity index is 1.61. The molecule has 0 aliphatic carbocycles. The van der Waals surface area contributed by atoms with Gasteiger partial charge in [0.2, 0.25) is 40.7 Å². The molecule has 0 radical (unpaired) electrons. The second-order valence-corrected chi connectivity index (χ2v) is 20.6. The van der Waals surface area contributed by atoms with Gasteiger partial charge < -0.3 is 24.2 Å². The molecule has 1 aliphatic heterocycles. The molecule has 1 N–H and O–H groups in total. The Kier molecular flexibility index (Phi) is 18.8. The number of allylic oxidation sites excluding steroid dienone is 1. The van der Waals surface area contributed by atoms with Crippen LogP contribution in [0.15, 0.2) is 46.7 Å². The molecular formula is C47H64F5N4O5S2+. The van der Waals surface area contributed by atoms with Gasteiger partial charge >= 0.3 is 5.97 Å². The fourth-order valence-corrected chi connectivity index (χ4v) is 9.77. The molecule has 4 rings (SSSR count). The maximum atomic E-state index is 15.1. The Morgan fingerprint density at radius 2 is 1.60 bits per heavy atom. The van der Waals surface area contributed by atoms with Gasteiger partial charge in [0.15, 0.2) is 11.7 Å². The van der Waals surface area contributed by atoms with Crippen molar-refractivity contribution in [3.05, 3.63) is 87.1 Å². The van der Waals surface area contributed by atoms with Crippen LogP contribution in [0.1, 0.15) is 128 Å². The molecule has 0 spiro atoms. The predicted molar refractivity (Wildman–Crippen MR) is 238 cm³/mol. The van der Waals surface area contributed by atoms with E-state index < -0.39 is 64.7 Å². The van der Waals surface area contributed by atoms with Gasteiger partial charge in [0, 0.05) is 52.6 Å². The number of aromatic nitrogens is 1. The number of amides is 2. The highest BCUT2D eigenvalue weighted by Crippen LogP contribution is 2.35. The molecule has 6 atom stereocenters. The summed E-state index contributed by atoms with van der Waals surface area (Å²) in [5, 5.41) is 4.76. The highest BCUT2D eigenvalue weighted by molar-refractivity contribution is 8.00. The second-order valence-electron chi connectivity index (χ2n) is 17.8. The van der Waals surface area contributed by atoms with Crippen molar-refractivity contribution in [2.75, 3.05) is 26.7 Å². The lowest BCUT2D eigenvalue weighted by Gasteiger charge is -2.45. The number of thiazole rings is 1. The van der Waals surface area contributed by atoms with Crippen molar-refractivity contribution >= 4 is 40.9 Å². The number of rotatable bonds is 20. The Bertz CT molecular complexity index is 2030.